The molecule has 1 saturated heterocycles. The van der Waals surface area contributed by atoms with Gasteiger partial charge in [0.15, 0.2) is 5.06 Å². The van der Waals surface area contributed by atoms with Gasteiger partial charge in [-0.1, -0.05) is 48.0 Å². The van der Waals surface area contributed by atoms with Gasteiger partial charge in [-0.2, -0.15) is 0 Å². The lowest BCUT2D eigenvalue weighted by Crippen LogP contribution is -2.54. The summed E-state index contributed by atoms with van der Waals surface area (Å²) in [6.45, 7) is 0.623. The van der Waals surface area contributed by atoms with Crippen LogP contribution in [0, 0.1) is 0 Å². The first-order valence-electron chi connectivity index (χ1n) is 10.7. The lowest BCUT2D eigenvalue weighted by Gasteiger charge is -2.37. The molecule has 0 aromatic heterocycles. The van der Waals surface area contributed by atoms with Crippen LogP contribution in [0.5, 0.6) is 0 Å². The molecule has 0 spiro atoms. The molecule has 6 nitrogen and oxygen atoms in total. The Hall–Kier alpha value is -2.36. The zero-order valence-electron chi connectivity index (χ0n) is 18.5. The van der Waals surface area contributed by atoms with Gasteiger partial charge in [0, 0.05) is 24.2 Å². The quantitative estimate of drug-likeness (QED) is 0.621. The van der Waals surface area contributed by atoms with Gasteiger partial charge >= 0.3 is 6.36 Å². The van der Waals surface area contributed by atoms with Crippen LogP contribution in [0.3, 0.4) is 0 Å². The van der Waals surface area contributed by atoms with Crippen LogP contribution in [0.15, 0.2) is 48.2 Å². The molecule has 1 fully saturated rings. The van der Waals surface area contributed by atoms with E-state index >= 15 is 0 Å². The van der Waals surface area contributed by atoms with Crippen molar-refractivity contribution < 1.29 is 27.5 Å². The Kier molecular flexibility index (Phi) is 7.87. The minimum atomic E-state index is -4.99. The topological polar surface area (TPSA) is 61.9 Å². The molecule has 33 heavy (non-hydrogen) atoms. The number of hydrogen-bond acceptors (Lipinski definition) is 4. The van der Waals surface area contributed by atoms with Crippen molar-refractivity contribution in [2.24, 2.45) is 0 Å². The zero-order valence-corrected chi connectivity index (χ0v) is 19.2. The number of ether oxygens (including phenoxy) is 1. The number of carbonyl (C=O) groups excluding carboxylic acids is 2. The van der Waals surface area contributed by atoms with Crippen LogP contribution in [0.25, 0.3) is 5.57 Å². The average molecular weight is 486 g/mol. The number of nitrogens with zero attached hydrogens (tertiary/aromatic N) is 2. The number of halogens is 4. The maximum Gasteiger partial charge on any atom is 0.524 e. The van der Waals surface area contributed by atoms with Gasteiger partial charge in [-0.15, -0.1) is 13.2 Å². The Balaban J connectivity index is 1.82. The van der Waals surface area contributed by atoms with Crippen LogP contribution >= 0.6 is 11.6 Å². The Morgan fingerprint density at radius 3 is 2.55 bits per heavy atom. The van der Waals surface area contributed by atoms with Gasteiger partial charge in [-0.05, 0) is 45.0 Å². The van der Waals surface area contributed by atoms with E-state index < -0.39 is 29.8 Å². The van der Waals surface area contributed by atoms with Gasteiger partial charge in [0.05, 0.1) is 6.54 Å². The molecular weight excluding hydrogens is 459 g/mol. The maximum absolute atomic E-state index is 13.2. The number of likely N-dealkylation sites (tertiary alicyclic amines) is 1. The molecule has 1 aromatic rings. The van der Waals surface area contributed by atoms with Crippen molar-refractivity contribution in [2.75, 3.05) is 27.2 Å². The number of benzene rings is 1. The summed E-state index contributed by atoms with van der Waals surface area (Å²) in [4.78, 5) is 28.9. The summed E-state index contributed by atoms with van der Waals surface area (Å²) in [5.41, 5.74) is 0.802. The van der Waals surface area contributed by atoms with Crippen LogP contribution < -0.4 is 5.32 Å². The highest BCUT2D eigenvalue weighted by Crippen LogP contribution is 2.45. The van der Waals surface area contributed by atoms with E-state index in [4.69, 9.17) is 11.6 Å². The van der Waals surface area contributed by atoms with Crippen molar-refractivity contribution >= 4 is 29.0 Å². The summed E-state index contributed by atoms with van der Waals surface area (Å²) in [6.07, 6.45) is -0.400. The van der Waals surface area contributed by atoms with E-state index in [2.05, 4.69) is 10.1 Å². The highest BCUT2D eigenvalue weighted by atomic mass is 35.5. The Morgan fingerprint density at radius 1 is 1.21 bits per heavy atom. The first-order valence-corrected chi connectivity index (χ1v) is 11.0. The minimum absolute atomic E-state index is 0.139. The van der Waals surface area contributed by atoms with Gasteiger partial charge in [-0.25, -0.2) is 0 Å². The van der Waals surface area contributed by atoms with E-state index in [1.54, 1.807) is 49.3 Å². The highest BCUT2D eigenvalue weighted by Gasteiger charge is 2.47. The molecule has 2 aliphatic rings. The maximum atomic E-state index is 13.2. The molecule has 0 bridgehead atoms. The molecule has 1 N–H and O–H groups in total. The van der Waals surface area contributed by atoms with Crippen LogP contribution in [0.2, 0.25) is 0 Å². The van der Waals surface area contributed by atoms with Crippen LogP contribution in [-0.2, 0) is 14.3 Å². The fraction of sp³-hybridized carbons (Fsp3) is 0.478. The number of nitrogens with one attached hydrogen (secondary N) is 1. The molecule has 3 rings (SSSR count). The third-order valence-electron chi connectivity index (χ3n) is 5.49. The van der Waals surface area contributed by atoms with Crippen molar-refractivity contribution in [2.45, 2.75) is 43.1 Å². The monoisotopic (exact) mass is 485 g/mol. The zero-order chi connectivity index (χ0) is 24.2. The van der Waals surface area contributed by atoms with E-state index in [0.717, 1.165) is 12.8 Å². The average Bonchev–Trinajstić information content (AvgIpc) is 2.72. The second-order valence-electron chi connectivity index (χ2n) is 8.42. The number of alkyl halides is 4. The molecule has 1 heterocycles. The largest absolute Gasteiger partial charge is 0.524 e. The molecule has 0 radical (unpaired) electrons. The van der Waals surface area contributed by atoms with Gasteiger partial charge in [0.2, 0.25) is 11.8 Å². The van der Waals surface area contributed by atoms with E-state index in [1.807, 2.05) is 0 Å². The third-order valence-corrected chi connectivity index (χ3v) is 5.91. The number of likely N-dealkylation sites (N-methyl/N-ethyl adjacent to an activating group) is 1. The fourth-order valence-corrected chi connectivity index (χ4v) is 4.51. The number of carbonyl (C=O) groups is 2. The molecule has 1 aromatic carbocycles. The number of hydrogen-bond donors (Lipinski definition) is 1. The first-order chi connectivity index (χ1) is 15.5. The molecule has 180 valence electrons. The predicted octanol–water partition coefficient (Wildman–Crippen LogP) is 3.89. The molecule has 2 amide bonds. The standard InChI is InChI=1S/C23H27ClF3N3O3/c1-29(2)15-20(31)30-13-7-6-10-19(30)21(32)28-17-11-12-18(16-8-4-3-5-9-16)22(24,14-17)33-23(25,26)27/h3-5,8-9,11-12,19H,6-7,10,13-15H2,1-2H3,(H,28,32). The van der Waals surface area contributed by atoms with Gasteiger partial charge in [-0.3, -0.25) is 14.3 Å². The Morgan fingerprint density at radius 2 is 1.91 bits per heavy atom. The Bertz CT molecular complexity index is 934. The SMILES string of the molecule is CN(C)CC(=O)N1CCCCC1C(=O)NC1=CC=C(c2ccccc2)C(Cl)(OC(F)(F)F)C1. The summed E-state index contributed by atoms with van der Waals surface area (Å²) in [5, 5.41) is 0.432. The summed E-state index contributed by atoms with van der Waals surface area (Å²) in [5.74, 6) is -0.619. The summed E-state index contributed by atoms with van der Waals surface area (Å²) >= 11 is 6.39. The molecule has 2 atom stereocenters. The summed E-state index contributed by atoms with van der Waals surface area (Å²) < 4.78 is 44.0. The molecule has 1 aliphatic heterocycles. The third kappa shape index (κ3) is 6.59. The second-order valence-corrected chi connectivity index (χ2v) is 9.03. The molecule has 10 heteroatoms. The number of amides is 2. The van der Waals surface area contributed by atoms with E-state index in [-0.39, 0.29) is 23.7 Å². The molecule has 0 saturated carbocycles. The van der Waals surface area contributed by atoms with Gasteiger partial charge in [0.25, 0.3) is 0 Å². The molecular formula is C23H27ClF3N3O3. The van der Waals surface area contributed by atoms with Gasteiger partial charge < -0.3 is 15.1 Å². The second kappa shape index (κ2) is 10.3. The van der Waals surface area contributed by atoms with Gasteiger partial charge in [0.1, 0.15) is 6.04 Å². The molecule has 1 aliphatic carbocycles. The van der Waals surface area contributed by atoms with E-state index in [0.29, 0.717) is 18.5 Å². The lowest BCUT2D eigenvalue weighted by atomic mass is 9.92. The van der Waals surface area contributed by atoms with Crippen LogP contribution in [-0.4, -0.2) is 66.3 Å². The number of allylic oxidation sites excluding steroid dienone is 2. The smallest absolute Gasteiger partial charge is 0.330 e. The van der Waals surface area contributed by atoms with Crippen molar-refractivity contribution in [3.8, 4) is 0 Å². The molecule has 2 unspecified atom stereocenters. The first kappa shape index (κ1) is 25.3. The lowest BCUT2D eigenvalue weighted by molar-refractivity contribution is -0.342. The van der Waals surface area contributed by atoms with E-state index in [1.165, 1.54) is 17.1 Å². The minimum Gasteiger partial charge on any atom is -0.330 e. The summed E-state index contributed by atoms with van der Waals surface area (Å²) in [6, 6.07) is 7.68. The van der Waals surface area contributed by atoms with Crippen molar-refractivity contribution in [1.29, 1.82) is 0 Å². The Labute approximate surface area is 196 Å². The van der Waals surface area contributed by atoms with Crippen LogP contribution in [0.4, 0.5) is 13.2 Å². The number of piperidine rings is 1. The van der Waals surface area contributed by atoms with Crippen molar-refractivity contribution in [1.82, 2.24) is 15.1 Å². The van der Waals surface area contributed by atoms with Crippen LogP contribution in [0.1, 0.15) is 31.2 Å². The fourth-order valence-electron chi connectivity index (χ4n) is 4.10. The highest BCUT2D eigenvalue weighted by molar-refractivity contribution is 6.29. The van der Waals surface area contributed by atoms with E-state index in [9.17, 15) is 22.8 Å². The normalized spacial score (nSPS) is 23.7. The van der Waals surface area contributed by atoms with Crippen molar-refractivity contribution in [3.05, 3.63) is 53.7 Å². The van der Waals surface area contributed by atoms with Crippen molar-refractivity contribution in [3.63, 3.8) is 0 Å². The predicted molar refractivity (Wildman–Crippen MR) is 119 cm³/mol. The number of rotatable bonds is 6. The summed E-state index contributed by atoms with van der Waals surface area (Å²) in [7, 11) is 3.53.